The molecule has 0 aromatic carbocycles. The zero-order valence-electron chi connectivity index (χ0n) is 14.2. The van der Waals surface area contributed by atoms with Crippen LogP contribution < -0.4 is 10.6 Å². The van der Waals surface area contributed by atoms with Crippen LogP contribution in [0.2, 0.25) is 0 Å². The minimum absolute atomic E-state index is 0.160. The van der Waals surface area contributed by atoms with E-state index in [2.05, 4.69) is 15.5 Å². The Kier molecular flexibility index (Phi) is 5.92. The van der Waals surface area contributed by atoms with Gasteiger partial charge in [0.05, 0.1) is 6.54 Å². The molecule has 0 aromatic heterocycles. The normalized spacial score (nSPS) is 29.6. The fraction of sp³-hybridized carbons (Fsp3) is 0.889. The summed E-state index contributed by atoms with van der Waals surface area (Å²) in [6, 6.07) is -0.0658. The maximum absolute atomic E-state index is 12.1. The summed E-state index contributed by atoms with van der Waals surface area (Å²) in [5.41, 5.74) is 0. The van der Waals surface area contributed by atoms with Crippen molar-refractivity contribution in [3.8, 4) is 0 Å². The van der Waals surface area contributed by atoms with Crippen molar-refractivity contribution in [2.45, 2.75) is 70.3 Å². The van der Waals surface area contributed by atoms with Crippen molar-refractivity contribution >= 4 is 11.9 Å². The number of imide groups is 1. The monoisotopic (exact) mass is 321 g/mol. The van der Waals surface area contributed by atoms with Gasteiger partial charge >= 0.3 is 6.03 Å². The second-order valence-electron chi connectivity index (χ2n) is 7.68. The molecule has 2 saturated carbocycles. The number of urea groups is 1. The number of hydrogen-bond acceptors (Lipinski definition) is 3. The molecule has 1 saturated heterocycles. The maximum Gasteiger partial charge on any atom is 0.321 e. The molecule has 2 N–H and O–H groups in total. The fourth-order valence-corrected chi connectivity index (χ4v) is 4.66. The molecule has 3 rings (SSSR count). The van der Waals surface area contributed by atoms with Gasteiger partial charge in [-0.05, 0) is 44.1 Å². The lowest BCUT2D eigenvalue weighted by molar-refractivity contribution is -0.121. The average molecular weight is 321 g/mol. The van der Waals surface area contributed by atoms with Crippen LogP contribution in [0.4, 0.5) is 4.79 Å². The third kappa shape index (κ3) is 4.93. The highest BCUT2D eigenvalue weighted by Crippen LogP contribution is 2.35. The van der Waals surface area contributed by atoms with Crippen molar-refractivity contribution < 1.29 is 9.59 Å². The number of hydrogen-bond donors (Lipinski definition) is 2. The second-order valence-corrected chi connectivity index (χ2v) is 7.68. The Labute approximate surface area is 139 Å². The summed E-state index contributed by atoms with van der Waals surface area (Å²) in [5, 5.41) is 5.46. The van der Waals surface area contributed by atoms with Crippen molar-refractivity contribution in [3.05, 3.63) is 0 Å². The highest BCUT2D eigenvalue weighted by molar-refractivity contribution is 5.95. The minimum Gasteiger partial charge on any atom is -0.335 e. The van der Waals surface area contributed by atoms with Crippen LogP contribution in [-0.4, -0.2) is 42.5 Å². The molecule has 0 bridgehead atoms. The Bertz CT molecular complexity index is 420. The molecular formula is C18H31N3O2. The van der Waals surface area contributed by atoms with Gasteiger partial charge in [-0.25, -0.2) is 4.79 Å². The molecule has 2 unspecified atom stereocenters. The molecule has 1 aliphatic heterocycles. The van der Waals surface area contributed by atoms with E-state index in [9.17, 15) is 9.59 Å². The number of rotatable bonds is 3. The summed E-state index contributed by atoms with van der Waals surface area (Å²) < 4.78 is 0. The van der Waals surface area contributed by atoms with Crippen molar-refractivity contribution in [3.63, 3.8) is 0 Å². The number of amides is 3. The second kappa shape index (κ2) is 8.13. The predicted octanol–water partition coefficient (Wildman–Crippen LogP) is 2.66. The average Bonchev–Trinajstić information content (AvgIpc) is 2.55. The lowest BCUT2D eigenvalue weighted by Gasteiger charge is -2.41. The number of carbonyl (C=O) groups excluding carboxylic acids is 2. The Hall–Kier alpha value is -1.10. The lowest BCUT2D eigenvalue weighted by atomic mass is 9.75. The van der Waals surface area contributed by atoms with Crippen LogP contribution in [0.25, 0.3) is 0 Å². The summed E-state index contributed by atoms with van der Waals surface area (Å²) in [6.07, 6.45) is 12.3. The van der Waals surface area contributed by atoms with E-state index in [4.69, 9.17) is 0 Å². The minimum atomic E-state index is -0.311. The van der Waals surface area contributed by atoms with Gasteiger partial charge in [0.1, 0.15) is 0 Å². The number of nitrogens with one attached hydrogen (secondary N) is 2. The number of likely N-dealkylation sites (tertiary alicyclic amines) is 1. The van der Waals surface area contributed by atoms with Crippen LogP contribution in [-0.2, 0) is 4.79 Å². The van der Waals surface area contributed by atoms with Gasteiger partial charge in [-0.15, -0.1) is 0 Å². The van der Waals surface area contributed by atoms with Crippen LogP contribution in [0.3, 0.4) is 0 Å². The van der Waals surface area contributed by atoms with Gasteiger partial charge in [0.2, 0.25) is 5.91 Å². The molecule has 3 aliphatic rings. The fourth-order valence-electron chi connectivity index (χ4n) is 4.66. The van der Waals surface area contributed by atoms with E-state index in [1.165, 1.54) is 51.4 Å². The van der Waals surface area contributed by atoms with Crippen molar-refractivity contribution in [2.75, 3.05) is 19.6 Å². The van der Waals surface area contributed by atoms with Crippen molar-refractivity contribution in [1.29, 1.82) is 0 Å². The van der Waals surface area contributed by atoms with E-state index in [0.717, 1.165) is 37.8 Å². The summed E-state index contributed by atoms with van der Waals surface area (Å²) in [4.78, 5) is 26.3. The number of fused-ring (bicyclic) bond motifs is 1. The number of carbonyl (C=O) groups is 2. The SMILES string of the molecule is O=C(CN1CCC2CCCCC2C1)NC(=O)NC1CCCCC1. The summed E-state index contributed by atoms with van der Waals surface area (Å²) in [6.45, 7) is 2.39. The van der Waals surface area contributed by atoms with Gasteiger partial charge in [0.15, 0.2) is 0 Å². The first-order valence-electron chi connectivity index (χ1n) is 9.53. The molecule has 130 valence electrons. The Morgan fingerprint density at radius 2 is 1.57 bits per heavy atom. The Morgan fingerprint density at radius 1 is 0.870 bits per heavy atom. The molecule has 2 aliphatic carbocycles. The topological polar surface area (TPSA) is 61.4 Å². The van der Waals surface area contributed by atoms with Gasteiger partial charge in [0, 0.05) is 12.6 Å². The van der Waals surface area contributed by atoms with Crippen LogP contribution in [0.1, 0.15) is 64.2 Å². The van der Waals surface area contributed by atoms with Crippen LogP contribution in [0, 0.1) is 11.8 Å². The molecule has 5 nitrogen and oxygen atoms in total. The van der Waals surface area contributed by atoms with Crippen molar-refractivity contribution in [2.24, 2.45) is 11.8 Å². The number of nitrogens with zero attached hydrogens (tertiary/aromatic N) is 1. The molecular weight excluding hydrogens is 290 g/mol. The predicted molar refractivity (Wildman–Crippen MR) is 90.1 cm³/mol. The summed E-state index contributed by atoms with van der Waals surface area (Å²) >= 11 is 0. The highest BCUT2D eigenvalue weighted by Gasteiger charge is 2.31. The van der Waals surface area contributed by atoms with Gasteiger partial charge < -0.3 is 5.32 Å². The van der Waals surface area contributed by atoms with Gasteiger partial charge in [-0.2, -0.15) is 0 Å². The molecule has 0 radical (unpaired) electrons. The van der Waals surface area contributed by atoms with Gasteiger partial charge in [-0.3, -0.25) is 15.0 Å². The van der Waals surface area contributed by atoms with E-state index < -0.39 is 0 Å². The third-order valence-corrected chi connectivity index (χ3v) is 5.94. The summed E-state index contributed by atoms with van der Waals surface area (Å²) in [7, 11) is 0. The molecule has 5 heteroatoms. The largest absolute Gasteiger partial charge is 0.335 e. The smallest absolute Gasteiger partial charge is 0.321 e. The van der Waals surface area contributed by atoms with E-state index in [1.54, 1.807) is 0 Å². The van der Waals surface area contributed by atoms with Gasteiger partial charge in [0.25, 0.3) is 0 Å². The Morgan fingerprint density at radius 3 is 2.35 bits per heavy atom. The first-order valence-corrected chi connectivity index (χ1v) is 9.53. The van der Waals surface area contributed by atoms with Crippen molar-refractivity contribution in [1.82, 2.24) is 15.5 Å². The number of piperidine rings is 1. The molecule has 2 atom stereocenters. The van der Waals surface area contributed by atoms with Crippen LogP contribution in [0.5, 0.6) is 0 Å². The highest BCUT2D eigenvalue weighted by atomic mass is 16.2. The molecule has 0 spiro atoms. The lowest BCUT2D eigenvalue weighted by Crippen LogP contribution is -2.50. The quantitative estimate of drug-likeness (QED) is 0.840. The molecule has 23 heavy (non-hydrogen) atoms. The molecule has 3 fully saturated rings. The van der Waals surface area contributed by atoms with E-state index in [1.807, 2.05) is 0 Å². The van der Waals surface area contributed by atoms with E-state index in [-0.39, 0.29) is 18.0 Å². The summed E-state index contributed by atoms with van der Waals surface area (Å²) in [5.74, 6) is 1.48. The zero-order chi connectivity index (χ0) is 16.1. The standard InChI is InChI=1S/C18H31N3O2/c22-17(20-18(23)19-16-8-2-1-3-9-16)13-21-11-10-14-6-4-5-7-15(14)12-21/h14-16H,1-13H2,(H2,19,20,22,23). The van der Waals surface area contributed by atoms with Gasteiger partial charge in [-0.1, -0.05) is 38.5 Å². The van der Waals surface area contributed by atoms with Crippen LogP contribution in [0.15, 0.2) is 0 Å². The van der Waals surface area contributed by atoms with E-state index >= 15 is 0 Å². The zero-order valence-corrected chi connectivity index (χ0v) is 14.2. The van der Waals surface area contributed by atoms with Crippen LogP contribution >= 0.6 is 0 Å². The first kappa shape index (κ1) is 16.7. The third-order valence-electron chi connectivity index (χ3n) is 5.94. The first-order chi connectivity index (χ1) is 11.2. The molecule has 0 aromatic rings. The Balaban J connectivity index is 1.37. The molecule has 1 heterocycles. The maximum atomic E-state index is 12.1. The molecule has 3 amide bonds. The van der Waals surface area contributed by atoms with E-state index in [0.29, 0.717) is 6.54 Å².